The smallest absolute Gasteiger partial charge is 0.320 e. The lowest BCUT2D eigenvalue weighted by Gasteiger charge is -2.40. The summed E-state index contributed by atoms with van der Waals surface area (Å²) in [6, 6.07) is 0.113. The Hall–Kier alpha value is -0.770. The van der Waals surface area contributed by atoms with E-state index < -0.39 is 0 Å². The quantitative estimate of drug-likeness (QED) is 0.777. The van der Waals surface area contributed by atoms with Crippen LogP contribution in [0.4, 0.5) is 4.79 Å². The Balaban J connectivity index is 2.57. The lowest BCUT2D eigenvalue weighted by molar-refractivity contribution is 0.108. The molecule has 2 N–H and O–H groups in total. The van der Waals surface area contributed by atoms with E-state index >= 15 is 0 Å². The molecule has 1 saturated heterocycles. The van der Waals surface area contributed by atoms with E-state index in [2.05, 4.69) is 6.92 Å². The van der Waals surface area contributed by atoms with Crippen LogP contribution in [0.1, 0.15) is 33.6 Å². The second kappa shape index (κ2) is 5.04. The predicted octanol–water partition coefficient (Wildman–Crippen LogP) is 1.51. The van der Waals surface area contributed by atoms with Gasteiger partial charge in [0.15, 0.2) is 0 Å². The van der Waals surface area contributed by atoms with E-state index in [-0.39, 0.29) is 11.6 Å². The number of carbonyl (C=O) groups excluding carboxylic acids is 1. The molecular formula is C12H25N3O. The number of hydrogen-bond donors (Lipinski definition) is 1. The maximum absolute atomic E-state index is 12.2. The van der Waals surface area contributed by atoms with Crippen molar-refractivity contribution in [3.05, 3.63) is 0 Å². The monoisotopic (exact) mass is 227 g/mol. The summed E-state index contributed by atoms with van der Waals surface area (Å²) in [7, 11) is 1.84. The van der Waals surface area contributed by atoms with Gasteiger partial charge in [-0.3, -0.25) is 0 Å². The molecule has 0 unspecified atom stereocenters. The van der Waals surface area contributed by atoms with Crippen LogP contribution >= 0.6 is 0 Å². The first-order valence-corrected chi connectivity index (χ1v) is 6.11. The summed E-state index contributed by atoms with van der Waals surface area (Å²) >= 11 is 0. The Morgan fingerprint density at radius 3 is 2.38 bits per heavy atom. The number of carbonyl (C=O) groups is 1. The summed E-state index contributed by atoms with van der Waals surface area (Å²) in [4.78, 5) is 15.9. The number of hydrogen-bond acceptors (Lipinski definition) is 2. The molecule has 4 heteroatoms. The lowest BCUT2D eigenvalue weighted by Crippen LogP contribution is -2.55. The standard InChI is InChI=1S/C12H25N3O/c1-10-5-7-15(8-6-10)11(16)14(4)12(2,3)9-13/h10H,5-9,13H2,1-4H3. The van der Waals surface area contributed by atoms with Crippen molar-refractivity contribution in [3.8, 4) is 0 Å². The number of nitrogens with two attached hydrogens (primary N) is 1. The topological polar surface area (TPSA) is 49.6 Å². The van der Waals surface area contributed by atoms with Gasteiger partial charge in [0.25, 0.3) is 0 Å². The normalized spacial score (nSPS) is 18.7. The Labute approximate surface area is 98.8 Å². The molecule has 0 atom stereocenters. The van der Waals surface area contributed by atoms with Gasteiger partial charge in [0, 0.05) is 26.7 Å². The van der Waals surface area contributed by atoms with Gasteiger partial charge in [-0.25, -0.2) is 4.79 Å². The zero-order valence-electron chi connectivity index (χ0n) is 11.0. The molecule has 0 radical (unpaired) electrons. The summed E-state index contributed by atoms with van der Waals surface area (Å²) in [6.45, 7) is 8.49. The van der Waals surface area contributed by atoms with Gasteiger partial charge in [-0.1, -0.05) is 6.92 Å². The highest BCUT2D eigenvalue weighted by molar-refractivity contribution is 5.75. The summed E-state index contributed by atoms with van der Waals surface area (Å²) in [6.07, 6.45) is 2.23. The third kappa shape index (κ3) is 2.88. The molecule has 4 nitrogen and oxygen atoms in total. The average Bonchev–Trinajstić information content (AvgIpc) is 2.28. The van der Waals surface area contributed by atoms with Gasteiger partial charge < -0.3 is 15.5 Å². The van der Waals surface area contributed by atoms with Crippen molar-refractivity contribution in [2.24, 2.45) is 11.7 Å². The first-order chi connectivity index (χ1) is 7.38. The number of urea groups is 1. The predicted molar refractivity (Wildman–Crippen MR) is 66.3 cm³/mol. The van der Waals surface area contributed by atoms with Crippen LogP contribution in [0.3, 0.4) is 0 Å². The SMILES string of the molecule is CC1CCN(C(=O)N(C)C(C)(C)CN)CC1. The van der Waals surface area contributed by atoms with Crippen LogP contribution in [0.25, 0.3) is 0 Å². The fourth-order valence-corrected chi connectivity index (χ4v) is 1.81. The van der Waals surface area contributed by atoms with Crippen LogP contribution in [-0.4, -0.2) is 48.1 Å². The molecule has 0 aromatic heterocycles. The molecular weight excluding hydrogens is 202 g/mol. The number of rotatable bonds is 2. The lowest BCUT2D eigenvalue weighted by atomic mass is 9.99. The second-order valence-electron chi connectivity index (χ2n) is 5.53. The molecule has 1 fully saturated rings. The molecule has 94 valence electrons. The second-order valence-corrected chi connectivity index (χ2v) is 5.53. The Bertz CT molecular complexity index is 245. The number of amides is 2. The molecule has 2 amide bonds. The van der Waals surface area contributed by atoms with E-state index in [1.165, 1.54) is 0 Å². The molecule has 0 aromatic carbocycles. The molecule has 1 aliphatic heterocycles. The van der Waals surface area contributed by atoms with Gasteiger partial charge >= 0.3 is 6.03 Å². The molecule has 1 aliphatic rings. The van der Waals surface area contributed by atoms with E-state index in [9.17, 15) is 4.79 Å². The van der Waals surface area contributed by atoms with Crippen LogP contribution < -0.4 is 5.73 Å². The van der Waals surface area contributed by atoms with Gasteiger partial charge in [-0.05, 0) is 32.6 Å². The third-order valence-electron chi connectivity index (χ3n) is 3.75. The average molecular weight is 227 g/mol. The number of likely N-dealkylation sites (tertiary alicyclic amines) is 1. The van der Waals surface area contributed by atoms with E-state index in [0.29, 0.717) is 6.54 Å². The van der Waals surface area contributed by atoms with Crippen molar-refractivity contribution in [2.45, 2.75) is 39.2 Å². The van der Waals surface area contributed by atoms with Crippen molar-refractivity contribution in [2.75, 3.05) is 26.7 Å². The summed E-state index contributed by atoms with van der Waals surface area (Å²) < 4.78 is 0. The highest BCUT2D eigenvalue weighted by Crippen LogP contribution is 2.19. The minimum Gasteiger partial charge on any atom is -0.328 e. The van der Waals surface area contributed by atoms with E-state index in [1.807, 2.05) is 25.8 Å². The molecule has 1 heterocycles. The molecule has 0 saturated carbocycles. The van der Waals surface area contributed by atoms with Gasteiger partial charge in [-0.2, -0.15) is 0 Å². The van der Waals surface area contributed by atoms with Crippen molar-refractivity contribution in [1.29, 1.82) is 0 Å². The van der Waals surface area contributed by atoms with Gasteiger partial charge in [0.2, 0.25) is 0 Å². The fraction of sp³-hybridized carbons (Fsp3) is 0.917. The summed E-state index contributed by atoms with van der Waals surface area (Å²) in [5.74, 6) is 0.747. The van der Waals surface area contributed by atoms with Crippen molar-refractivity contribution < 1.29 is 4.79 Å². The first kappa shape index (κ1) is 13.3. The fourth-order valence-electron chi connectivity index (χ4n) is 1.81. The van der Waals surface area contributed by atoms with E-state index in [0.717, 1.165) is 31.8 Å². The Morgan fingerprint density at radius 1 is 1.44 bits per heavy atom. The minimum absolute atomic E-state index is 0.113. The van der Waals surface area contributed by atoms with Gasteiger partial charge in [-0.15, -0.1) is 0 Å². The molecule has 0 aliphatic carbocycles. The van der Waals surface area contributed by atoms with E-state index in [4.69, 9.17) is 5.73 Å². The van der Waals surface area contributed by atoms with Crippen molar-refractivity contribution in [1.82, 2.24) is 9.80 Å². The summed E-state index contributed by atoms with van der Waals surface area (Å²) in [5.41, 5.74) is 5.42. The van der Waals surface area contributed by atoms with Gasteiger partial charge in [0.05, 0.1) is 5.54 Å². The number of nitrogens with zero attached hydrogens (tertiary/aromatic N) is 2. The maximum atomic E-state index is 12.2. The minimum atomic E-state index is -0.264. The van der Waals surface area contributed by atoms with Crippen LogP contribution in [-0.2, 0) is 0 Å². The van der Waals surface area contributed by atoms with Crippen LogP contribution in [0.15, 0.2) is 0 Å². The van der Waals surface area contributed by atoms with Crippen molar-refractivity contribution >= 4 is 6.03 Å². The maximum Gasteiger partial charge on any atom is 0.320 e. The van der Waals surface area contributed by atoms with Gasteiger partial charge in [0.1, 0.15) is 0 Å². The largest absolute Gasteiger partial charge is 0.328 e. The Kier molecular flexibility index (Phi) is 4.19. The summed E-state index contributed by atoms with van der Waals surface area (Å²) in [5, 5.41) is 0. The number of piperidine rings is 1. The van der Waals surface area contributed by atoms with Crippen LogP contribution in [0.5, 0.6) is 0 Å². The zero-order chi connectivity index (χ0) is 12.3. The van der Waals surface area contributed by atoms with Crippen LogP contribution in [0.2, 0.25) is 0 Å². The molecule has 16 heavy (non-hydrogen) atoms. The highest BCUT2D eigenvalue weighted by Gasteiger charge is 2.30. The Morgan fingerprint density at radius 2 is 1.94 bits per heavy atom. The van der Waals surface area contributed by atoms with Crippen LogP contribution in [0, 0.1) is 5.92 Å². The number of likely N-dealkylation sites (N-methyl/N-ethyl adjacent to an activating group) is 1. The molecule has 0 spiro atoms. The molecule has 0 bridgehead atoms. The molecule has 1 rings (SSSR count). The third-order valence-corrected chi connectivity index (χ3v) is 3.75. The molecule has 0 aromatic rings. The first-order valence-electron chi connectivity index (χ1n) is 6.11. The van der Waals surface area contributed by atoms with E-state index in [1.54, 1.807) is 4.90 Å². The highest BCUT2D eigenvalue weighted by atomic mass is 16.2. The zero-order valence-corrected chi connectivity index (χ0v) is 11.0. The van der Waals surface area contributed by atoms with Crippen molar-refractivity contribution in [3.63, 3.8) is 0 Å².